The molecule has 0 saturated carbocycles. The molecule has 30 heavy (non-hydrogen) atoms. The van der Waals surface area contributed by atoms with Crippen LogP contribution >= 0.6 is 15.9 Å². The van der Waals surface area contributed by atoms with E-state index in [1.807, 2.05) is 86.6 Å². The molecule has 1 aromatic heterocycles. The minimum atomic E-state index is -0.506. The molecule has 0 bridgehead atoms. The Kier molecular flexibility index (Phi) is 5.42. The van der Waals surface area contributed by atoms with Gasteiger partial charge in [-0.05, 0) is 50.2 Å². The first-order valence-corrected chi connectivity index (χ1v) is 10.3. The van der Waals surface area contributed by atoms with E-state index in [2.05, 4.69) is 21.2 Å². The number of anilines is 1. The second-order valence-corrected chi connectivity index (χ2v) is 8.06. The molecule has 0 aliphatic heterocycles. The molecule has 1 N–H and O–H groups in total. The summed E-state index contributed by atoms with van der Waals surface area (Å²) >= 11 is 3.44. The van der Waals surface area contributed by atoms with Gasteiger partial charge in [-0.25, -0.2) is 14.2 Å². The van der Waals surface area contributed by atoms with E-state index in [4.69, 9.17) is 0 Å². The molecule has 0 saturated heterocycles. The van der Waals surface area contributed by atoms with Crippen molar-refractivity contribution < 1.29 is 4.79 Å². The molecular weight excluding hydrogens is 442 g/mol. The first-order chi connectivity index (χ1) is 14.4. The number of hydrogen-bond donors (Lipinski definition) is 1. The Bertz CT molecular complexity index is 1250. The molecule has 1 heterocycles. The Morgan fingerprint density at radius 1 is 0.833 bits per heavy atom. The maximum Gasteiger partial charge on any atom is 0.341 e. The average Bonchev–Trinajstić information content (AvgIpc) is 3.08. The highest BCUT2D eigenvalue weighted by atomic mass is 79.9. The number of halogens is 1. The Labute approximate surface area is 182 Å². The van der Waals surface area contributed by atoms with Crippen LogP contribution in [0.15, 0.2) is 88.3 Å². The largest absolute Gasteiger partial charge is 0.341 e. The maximum atomic E-state index is 13.3. The summed E-state index contributed by atoms with van der Waals surface area (Å²) in [6.07, 6.45) is 1.58. The van der Waals surface area contributed by atoms with Crippen LogP contribution in [-0.2, 0) is 0 Å². The van der Waals surface area contributed by atoms with Gasteiger partial charge in [0.1, 0.15) is 0 Å². The molecule has 0 aliphatic rings. The van der Waals surface area contributed by atoms with Gasteiger partial charge in [0.2, 0.25) is 0 Å². The molecule has 150 valence electrons. The number of aromatic nitrogens is 2. The van der Waals surface area contributed by atoms with Gasteiger partial charge in [0, 0.05) is 21.9 Å². The lowest BCUT2D eigenvalue weighted by Gasteiger charge is -2.08. The molecule has 4 aromatic rings. The fourth-order valence-electron chi connectivity index (χ4n) is 3.18. The molecule has 3 aromatic carbocycles. The lowest BCUT2D eigenvalue weighted by Crippen LogP contribution is -2.31. The van der Waals surface area contributed by atoms with Crippen molar-refractivity contribution in [2.75, 3.05) is 5.32 Å². The highest BCUT2D eigenvalue weighted by Crippen LogP contribution is 2.24. The van der Waals surface area contributed by atoms with Crippen molar-refractivity contribution in [3.63, 3.8) is 0 Å². The van der Waals surface area contributed by atoms with Gasteiger partial charge < -0.3 is 5.32 Å². The number of aryl methyl sites for hydroxylation is 2. The zero-order valence-corrected chi connectivity index (χ0v) is 18.2. The van der Waals surface area contributed by atoms with Crippen LogP contribution in [0.25, 0.3) is 16.9 Å². The number of rotatable bonds is 3. The van der Waals surface area contributed by atoms with Crippen LogP contribution in [0.3, 0.4) is 0 Å². The standard InChI is InChI=1S/C24H20BrN3O2/c1-16-3-11-20(12-4-16)26-23(29)27-15-22(18-7-9-19(25)10-8-18)28(24(27)30)21-13-5-17(2)6-14-21/h3-15H,1-2H3,(H,26,29). The van der Waals surface area contributed by atoms with Crippen molar-refractivity contribution in [1.82, 2.24) is 9.13 Å². The van der Waals surface area contributed by atoms with E-state index in [-0.39, 0.29) is 0 Å². The Balaban J connectivity index is 1.81. The van der Waals surface area contributed by atoms with Crippen molar-refractivity contribution >= 4 is 27.6 Å². The van der Waals surface area contributed by atoms with E-state index in [0.717, 1.165) is 25.7 Å². The predicted octanol–water partition coefficient (Wildman–Crippen LogP) is 5.77. The average molecular weight is 462 g/mol. The third-order valence-electron chi connectivity index (χ3n) is 4.84. The Morgan fingerprint density at radius 3 is 2.00 bits per heavy atom. The van der Waals surface area contributed by atoms with Crippen molar-refractivity contribution in [3.8, 4) is 16.9 Å². The molecule has 0 radical (unpaired) electrons. The first-order valence-electron chi connectivity index (χ1n) is 9.48. The summed E-state index contributed by atoms with van der Waals surface area (Å²) in [6, 6.07) is 22.2. The minimum absolute atomic E-state index is 0.429. The number of amides is 1. The van der Waals surface area contributed by atoms with Crippen LogP contribution in [0.5, 0.6) is 0 Å². The molecule has 1 amide bonds. The fourth-order valence-corrected chi connectivity index (χ4v) is 3.44. The van der Waals surface area contributed by atoms with Gasteiger partial charge in [-0.2, -0.15) is 0 Å². The minimum Gasteiger partial charge on any atom is -0.307 e. The number of carbonyl (C=O) groups is 1. The molecule has 4 rings (SSSR count). The normalized spacial score (nSPS) is 10.8. The van der Waals surface area contributed by atoms with Crippen molar-refractivity contribution in [2.45, 2.75) is 13.8 Å². The lowest BCUT2D eigenvalue weighted by atomic mass is 10.1. The third kappa shape index (κ3) is 4.00. The molecular formula is C24H20BrN3O2. The van der Waals surface area contributed by atoms with E-state index in [0.29, 0.717) is 17.1 Å². The number of carbonyl (C=O) groups excluding carboxylic acids is 1. The van der Waals surface area contributed by atoms with Gasteiger partial charge >= 0.3 is 11.7 Å². The number of nitrogens with zero attached hydrogens (tertiary/aromatic N) is 2. The maximum absolute atomic E-state index is 13.3. The second kappa shape index (κ2) is 8.16. The van der Waals surface area contributed by atoms with Crippen LogP contribution in [-0.4, -0.2) is 15.2 Å². The molecule has 0 fully saturated rings. The molecule has 0 atom stereocenters. The van der Waals surface area contributed by atoms with Crippen molar-refractivity contribution in [3.05, 3.63) is 105 Å². The smallest absolute Gasteiger partial charge is 0.307 e. The quantitative estimate of drug-likeness (QED) is 0.421. The van der Waals surface area contributed by atoms with Crippen LogP contribution in [0.1, 0.15) is 11.1 Å². The number of hydrogen-bond acceptors (Lipinski definition) is 2. The van der Waals surface area contributed by atoms with Gasteiger partial charge in [-0.15, -0.1) is 0 Å². The molecule has 0 spiro atoms. The topological polar surface area (TPSA) is 56.0 Å². The van der Waals surface area contributed by atoms with E-state index in [1.54, 1.807) is 10.8 Å². The molecule has 0 unspecified atom stereocenters. The molecule has 5 nitrogen and oxygen atoms in total. The summed E-state index contributed by atoms with van der Waals surface area (Å²) in [7, 11) is 0. The zero-order chi connectivity index (χ0) is 21.3. The van der Waals surface area contributed by atoms with Crippen LogP contribution in [0, 0.1) is 13.8 Å². The highest BCUT2D eigenvalue weighted by molar-refractivity contribution is 9.10. The monoisotopic (exact) mass is 461 g/mol. The van der Waals surface area contributed by atoms with E-state index in [1.165, 1.54) is 0 Å². The predicted molar refractivity (Wildman–Crippen MR) is 123 cm³/mol. The summed E-state index contributed by atoms with van der Waals surface area (Å²) < 4.78 is 3.60. The summed E-state index contributed by atoms with van der Waals surface area (Å²) in [5.41, 5.74) is 4.55. The highest BCUT2D eigenvalue weighted by Gasteiger charge is 2.19. The van der Waals surface area contributed by atoms with Gasteiger partial charge in [0.05, 0.1) is 11.4 Å². The summed E-state index contributed by atoms with van der Waals surface area (Å²) in [4.78, 5) is 26.1. The van der Waals surface area contributed by atoms with Gasteiger partial charge in [0.25, 0.3) is 0 Å². The van der Waals surface area contributed by atoms with Crippen molar-refractivity contribution in [2.24, 2.45) is 0 Å². The third-order valence-corrected chi connectivity index (χ3v) is 5.37. The number of imidazole rings is 1. The van der Waals surface area contributed by atoms with Gasteiger partial charge in [-0.3, -0.25) is 4.57 Å². The molecule has 0 aliphatic carbocycles. The Hall–Kier alpha value is -3.38. The number of nitrogens with one attached hydrogen (secondary N) is 1. The van der Waals surface area contributed by atoms with Crippen molar-refractivity contribution in [1.29, 1.82) is 0 Å². The van der Waals surface area contributed by atoms with E-state index < -0.39 is 11.7 Å². The fraction of sp³-hybridized carbons (Fsp3) is 0.0833. The van der Waals surface area contributed by atoms with Gasteiger partial charge in [0.15, 0.2) is 0 Å². The van der Waals surface area contributed by atoms with E-state index in [9.17, 15) is 9.59 Å². The molecule has 6 heteroatoms. The zero-order valence-electron chi connectivity index (χ0n) is 16.6. The van der Waals surface area contributed by atoms with E-state index >= 15 is 0 Å². The first kappa shape index (κ1) is 19.9. The lowest BCUT2D eigenvalue weighted by molar-refractivity contribution is 0.252. The second-order valence-electron chi connectivity index (χ2n) is 7.14. The Morgan fingerprint density at radius 2 is 1.40 bits per heavy atom. The summed E-state index contributed by atoms with van der Waals surface area (Å²) in [6.45, 7) is 3.96. The summed E-state index contributed by atoms with van der Waals surface area (Å²) in [5.74, 6) is 0. The summed E-state index contributed by atoms with van der Waals surface area (Å²) in [5, 5.41) is 2.79. The van der Waals surface area contributed by atoms with Crippen LogP contribution in [0.4, 0.5) is 10.5 Å². The number of benzene rings is 3. The van der Waals surface area contributed by atoms with Crippen LogP contribution in [0.2, 0.25) is 0 Å². The van der Waals surface area contributed by atoms with Crippen LogP contribution < -0.4 is 11.0 Å². The SMILES string of the molecule is Cc1ccc(NC(=O)n2cc(-c3ccc(Br)cc3)n(-c3ccc(C)cc3)c2=O)cc1. The van der Waals surface area contributed by atoms with Gasteiger partial charge in [-0.1, -0.05) is 63.5 Å².